The highest BCUT2D eigenvalue weighted by molar-refractivity contribution is 5.77. The SMILES string of the molecule is CCCCCC#C/C=N\OC. The topological polar surface area (TPSA) is 21.6 Å². The van der Waals surface area contributed by atoms with E-state index >= 15 is 0 Å². The summed E-state index contributed by atoms with van der Waals surface area (Å²) in [6.45, 7) is 2.18. The fourth-order valence-corrected chi connectivity index (χ4v) is 0.660. The van der Waals surface area contributed by atoms with E-state index in [2.05, 4.69) is 28.8 Å². The largest absolute Gasteiger partial charge is 0.399 e. The van der Waals surface area contributed by atoms with Crippen molar-refractivity contribution in [2.24, 2.45) is 5.16 Å². The van der Waals surface area contributed by atoms with Crippen molar-refractivity contribution in [3.05, 3.63) is 0 Å². The summed E-state index contributed by atoms with van der Waals surface area (Å²) in [5.41, 5.74) is 0. The molecule has 0 spiro atoms. The Balaban J connectivity index is 3.19. The minimum atomic E-state index is 0.962. The van der Waals surface area contributed by atoms with Gasteiger partial charge in [0, 0.05) is 6.42 Å². The van der Waals surface area contributed by atoms with Crippen molar-refractivity contribution < 1.29 is 4.84 Å². The van der Waals surface area contributed by atoms with Crippen molar-refractivity contribution in [2.45, 2.75) is 32.6 Å². The minimum absolute atomic E-state index is 0.962. The van der Waals surface area contributed by atoms with Crippen LogP contribution < -0.4 is 0 Å². The van der Waals surface area contributed by atoms with Crippen molar-refractivity contribution in [1.82, 2.24) is 0 Å². The Morgan fingerprint density at radius 1 is 1.45 bits per heavy atom. The summed E-state index contributed by atoms with van der Waals surface area (Å²) >= 11 is 0. The van der Waals surface area contributed by atoms with E-state index in [1.54, 1.807) is 0 Å². The van der Waals surface area contributed by atoms with Gasteiger partial charge in [0.15, 0.2) is 0 Å². The number of rotatable bonds is 4. The van der Waals surface area contributed by atoms with Crippen LogP contribution in [-0.2, 0) is 4.84 Å². The second-order valence-electron chi connectivity index (χ2n) is 2.20. The predicted molar refractivity (Wildman–Crippen MR) is 47.4 cm³/mol. The lowest BCUT2D eigenvalue weighted by molar-refractivity contribution is 0.216. The van der Waals surface area contributed by atoms with E-state index in [0.29, 0.717) is 0 Å². The van der Waals surface area contributed by atoms with Gasteiger partial charge in [-0.05, 0) is 6.42 Å². The van der Waals surface area contributed by atoms with E-state index in [1.165, 1.54) is 32.6 Å². The average Bonchev–Trinajstić information content (AvgIpc) is 2.03. The van der Waals surface area contributed by atoms with Crippen molar-refractivity contribution in [2.75, 3.05) is 7.11 Å². The van der Waals surface area contributed by atoms with Gasteiger partial charge in [0.25, 0.3) is 0 Å². The molecule has 0 aliphatic rings. The van der Waals surface area contributed by atoms with Crippen molar-refractivity contribution >= 4 is 6.21 Å². The highest BCUT2D eigenvalue weighted by Crippen LogP contribution is 1.96. The molecule has 0 unspecified atom stereocenters. The molecule has 0 saturated heterocycles. The molecular weight excluding hydrogens is 138 g/mol. The molecule has 2 heteroatoms. The molecule has 0 aliphatic carbocycles. The van der Waals surface area contributed by atoms with Crippen LogP contribution in [0.4, 0.5) is 0 Å². The van der Waals surface area contributed by atoms with Gasteiger partial charge in [-0.2, -0.15) is 0 Å². The lowest BCUT2D eigenvalue weighted by atomic mass is 10.2. The van der Waals surface area contributed by atoms with E-state index in [0.717, 1.165) is 6.42 Å². The molecule has 0 N–H and O–H groups in total. The molecule has 0 atom stereocenters. The maximum Gasteiger partial charge on any atom is 0.116 e. The van der Waals surface area contributed by atoms with Crippen LogP contribution in [0.1, 0.15) is 32.6 Å². The second kappa shape index (κ2) is 9.03. The third kappa shape index (κ3) is 9.03. The van der Waals surface area contributed by atoms with Crippen molar-refractivity contribution in [3.63, 3.8) is 0 Å². The number of unbranched alkanes of at least 4 members (excludes halogenated alkanes) is 3. The van der Waals surface area contributed by atoms with Gasteiger partial charge in [-0.3, -0.25) is 0 Å². The molecule has 0 heterocycles. The molecule has 0 bridgehead atoms. The minimum Gasteiger partial charge on any atom is -0.399 e. The first kappa shape index (κ1) is 10.0. The van der Waals surface area contributed by atoms with Crippen LogP contribution in [0.5, 0.6) is 0 Å². The van der Waals surface area contributed by atoms with Gasteiger partial charge in [-0.1, -0.05) is 36.8 Å². The van der Waals surface area contributed by atoms with E-state index in [1.807, 2.05) is 0 Å². The third-order valence-electron chi connectivity index (χ3n) is 1.23. The molecule has 2 nitrogen and oxygen atoms in total. The molecule has 0 saturated carbocycles. The molecule has 0 aromatic rings. The van der Waals surface area contributed by atoms with Crippen LogP contribution in [0.3, 0.4) is 0 Å². The Hall–Kier alpha value is -0.970. The lowest BCUT2D eigenvalue weighted by Gasteiger charge is -1.87. The Morgan fingerprint density at radius 2 is 2.27 bits per heavy atom. The van der Waals surface area contributed by atoms with Crippen LogP contribution in [0.2, 0.25) is 0 Å². The third-order valence-corrected chi connectivity index (χ3v) is 1.23. The standard InChI is InChI=1S/C9H15NO/c1-3-4-5-6-7-8-9-10-11-2/h9H,3-6H2,1-2H3/b10-9-. The van der Waals surface area contributed by atoms with Gasteiger partial charge < -0.3 is 4.84 Å². The predicted octanol–water partition coefficient (Wildman–Crippen LogP) is 2.20. The van der Waals surface area contributed by atoms with Crippen LogP contribution in [0.15, 0.2) is 5.16 Å². The molecule has 0 rings (SSSR count). The summed E-state index contributed by atoms with van der Waals surface area (Å²) in [4.78, 5) is 4.44. The average molecular weight is 153 g/mol. The van der Waals surface area contributed by atoms with Crippen molar-refractivity contribution in [1.29, 1.82) is 0 Å². The van der Waals surface area contributed by atoms with Crippen LogP contribution >= 0.6 is 0 Å². The smallest absolute Gasteiger partial charge is 0.116 e. The van der Waals surface area contributed by atoms with Gasteiger partial charge in [0.05, 0.1) is 0 Å². The maximum absolute atomic E-state index is 4.44. The quantitative estimate of drug-likeness (QED) is 0.262. The first-order valence-electron chi connectivity index (χ1n) is 3.95. The van der Waals surface area contributed by atoms with Gasteiger partial charge in [0.2, 0.25) is 0 Å². The van der Waals surface area contributed by atoms with Crippen LogP contribution in [0, 0.1) is 11.8 Å². The summed E-state index contributed by atoms with van der Waals surface area (Å²) in [5.74, 6) is 5.75. The normalized spacial score (nSPS) is 9.27. The summed E-state index contributed by atoms with van der Waals surface area (Å²) in [6.07, 6.45) is 6.13. The number of oxime groups is 1. The summed E-state index contributed by atoms with van der Waals surface area (Å²) in [7, 11) is 1.51. The molecule has 0 aromatic heterocycles. The van der Waals surface area contributed by atoms with Gasteiger partial charge in [0.1, 0.15) is 13.3 Å². The van der Waals surface area contributed by atoms with Gasteiger partial charge in [-0.25, -0.2) is 0 Å². The van der Waals surface area contributed by atoms with Crippen molar-refractivity contribution in [3.8, 4) is 11.8 Å². The van der Waals surface area contributed by atoms with Crippen LogP contribution in [0.25, 0.3) is 0 Å². The fraction of sp³-hybridized carbons (Fsp3) is 0.667. The Kier molecular flexibility index (Phi) is 8.23. The molecule has 0 aliphatic heterocycles. The molecule has 0 aromatic carbocycles. The molecule has 62 valence electrons. The Labute approximate surface area is 68.6 Å². The van der Waals surface area contributed by atoms with E-state index in [9.17, 15) is 0 Å². The first-order chi connectivity index (χ1) is 5.41. The number of nitrogens with zero attached hydrogens (tertiary/aromatic N) is 1. The van der Waals surface area contributed by atoms with Gasteiger partial charge >= 0.3 is 0 Å². The zero-order chi connectivity index (χ0) is 8.36. The first-order valence-corrected chi connectivity index (χ1v) is 3.95. The lowest BCUT2D eigenvalue weighted by Crippen LogP contribution is -1.72. The van der Waals surface area contributed by atoms with E-state index < -0.39 is 0 Å². The monoisotopic (exact) mass is 153 g/mol. The number of hydrogen-bond donors (Lipinski definition) is 0. The molecule has 0 amide bonds. The molecule has 0 fully saturated rings. The summed E-state index contributed by atoms with van der Waals surface area (Å²) in [6, 6.07) is 0. The summed E-state index contributed by atoms with van der Waals surface area (Å²) in [5, 5.41) is 3.49. The zero-order valence-electron chi connectivity index (χ0n) is 7.26. The maximum atomic E-state index is 4.44. The molecular formula is C9H15NO. The highest BCUT2D eigenvalue weighted by atomic mass is 16.6. The second-order valence-corrected chi connectivity index (χ2v) is 2.20. The van der Waals surface area contributed by atoms with E-state index in [4.69, 9.17) is 0 Å². The number of hydrogen-bond acceptors (Lipinski definition) is 2. The Morgan fingerprint density at radius 3 is 2.91 bits per heavy atom. The Bertz CT molecular complexity index is 153. The molecule has 0 radical (unpaired) electrons. The summed E-state index contributed by atoms with van der Waals surface area (Å²) < 4.78 is 0. The fourth-order valence-electron chi connectivity index (χ4n) is 0.660. The molecule has 11 heavy (non-hydrogen) atoms. The van der Waals surface area contributed by atoms with Gasteiger partial charge in [-0.15, -0.1) is 0 Å². The zero-order valence-corrected chi connectivity index (χ0v) is 7.26. The van der Waals surface area contributed by atoms with E-state index in [-0.39, 0.29) is 0 Å². The van der Waals surface area contributed by atoms with Crippen LogP contribution in [-0.4, -0.2) is 13.3 Å². The highest BCUT2D eigenvalue weighted by Gasteiger charge is 1.79.